The number of rotatable bonds is 2. The molecule has 100 valence electrons. The lowest BCUT2D eigenvalue weighted by Crippen LogP contribution is -2.34. The van der Waals surface area contributed by atoms with Gasteiger partial charge < -0.3 is 10.5 Å². The first-order valence-electron chi connectivity index (χ1n) is 6.57. The van der Waals surface area contributed by atoms with Crippen LogP contribution in [0.1, 0.15) is 42.4 Å². The Hall–Kier alpha value is -1.09. The van der Waals surface area contributed by atoms with Crippen LogP contribution in [0.4, 0.5) is 4.39 Å². The molecule has 1 saturated carbocycles. The van der Waals surface area contributed by atoms with Gasteiger partial charge in [-0.3, -0.25) is 0 Å². The Bertz CT molecular complexity index is 436. The van der Waals surface area contributed by atoms with Gasteiger partial charge in [0.05, 0.1) is 7.11 Å². The summed E-state index contributed by atoms with van der Waals surface area (Å²) >= 11 is 0. The highest BCUT2D eigenvalue weighted by molar-refractivity contribution is 5.48. The van der Waals surface area contributed by atoms with E-state index in [1.54, 1.807) is 7.11 Å². The molecule has 2 nitrogen and oxygen atoms in total. The van der Waals surface area contributed by atoms with Gasteiger partial charge in [-0.05, 0) is 50.7 Å². The summed E-state index contributed by atoms with van der Waals surface area (Å²) in [6.07, 6.45) is 2.47. The summed E-state index contributed by atoms with van der Waals surface area (Å²) in [4.78, 5) is 0. The lowest BCUT2D eigenvalue weighted by molar-refractivity contribution is 0.0944. The second-order valence-electron chi connectivity index (χ2n) is 5.39. The van der Waals surface area contributed by atoms with Crippen LogP contribution < -0.4 is 10.5 Å². The van der Waals surface area contributed by atoms with Crippen molar-refractivity contribution in [3.63, 3.8) is 0 Å². The second-order valence-corrected chi connectivity index (χ2v) is 5.39. The van der Waals surface area contributed by atoms with Gasteiger partial charge in [-0.1, -0.05) is 12.1 Å². The molecule has 3 heteroatoms. The highest BCUT2D eigenvalue weighted by Crippen LogP contribution is 2.45. The van der Waals surface area contributed by atoms with E-state index in [1.165, 1.54) is 0 Å². The van der Waals surface area contributed by atoms with Crippen LogP contribution in [0.15, 0.2) is 12.1 Å². The number of alkyl halides is 1. The van der Waals surface area contributed by atoms with Crippen LogP contribution >= 0.6 is 0 Å². The van der Waals surface area contributed by atoms with Crippen molar-refractivity contribution in [3.05, 3.63) is 28.8 Å². The molecular weight excluding hydrogens is 229 g/mol. The van der Waals surface area contributed by atoms with Crippen molar-refractivity contribution in [2.75, 3.05) is 7.11 Å². The van der Waals surface area contributed by atoms with Crippen LogP contribution in [0.5, 0.6) is 5.75 Å². The minimum atomic E-state index is -1.28. The number of hydrogen-bond donors (Lipinski definition) is 1. The number of aryl methyl sites for hydroxylation is 1. The average molecular weight is 251 g/mol. The van der Waals surface area contributed by atoms with Crippen molar-refractivity contribution in [2.45, 2.75) is 51.2 Å². The van der Waals surface area contributed by atoms with Gasteiger partial charge in [-0.2, -0.15) is 0 Å². The van der Waals surface area contributed by atoms with Crippen LogP contribution in [-0.2, 0) is 5.67 Å². The highest BCUT2D eigenvalue weighted by atomic mass is 19.1. The molecule has 0 heterocycles. The summed E-state index contributed by atoms with van der Waals surface area (Å²) in [6, 6.07) is 3.99. The van der Waals surface area contributed by atoms with E-state index in [-0.39, 0.29) is 6.04 Å². The van der Waals surface area contributed by atoms with Gasteiger partial charge in [0.15, 0.2) is 0 Å². The first kappa shape index (κ1) is 13.3. The van der Waals surface area contributed by atoms with E-state index in [2.05, 4.69) is 0 Å². The summed E-state index contributed by atoms with van der Waals surface area (Å²) in [5, 5.41) is 0. The molecule has 0 atom stereocenters. The molecule has 1 aliphatic rings. The molecule has 2 rings (SSSR count). The average Bonchev–Trinajstić information content (AvgIpc) is 2.36. The van der Waals surface area contributed by atoms with E-state index in [0.717, 1.165) is 24.0 Å². The maximum absolute atomic E-state index is 15.1. The van der Waals surface area contributed by atoms with Crippen molar-refractivity contribution in [1.29, 1.82) is 0 Å². The van der Waals surface area contributed by atoms with Crippen molar-refractivity contribution < 1.29 is 9.13 Å². The third-order valence-corrected chi connectivity index (χ3v) is 4.19. The Labute approximate surface area is 108 Å². The predicted molar refractivity (Wildman–Crippen MR) is 71.7 cm³/mol. The lowest BCUT2D eigenvalue weighted by Gasteiger charge is -2.34. The molecule has 2 N–H and O–H groups in total. The SMILES string of the molecule is COc1c(C2(F)CCC(N)CC2)ccc(C)c1C. The zero-order chi connectivity index (χ0) is 13.3. The zero-order valence-electron chi connectivity index (χ0n) is 11.4. The van der Waals surface area contributed by atoms with E-state index in [0.29, 0.717) is 24.2 Å². The van der Waals surface area contributed by atoms with Crippen molar-refractivity contribution >= 4 is 0 Å². The molecule has 0 unspecified atom stereocenters. The first-order valence-corrected chi connectivity index (χ1v) is 6.57. The molecule has 0 bridgehead atoms. The van der Waals surface area contributed by atoms with Crippen LogP contribution in [-0.4, -0.2) is 13.2 Å². The van der Waals surface area contributed by atoms with Crippen LogP contribution in [0.25, 0.3) is 0 Å². The first-order chi connectivity index (χ1) is 8.48. The quantitative estimate of drug-likeness (QED) is 0.874. The summed E-state index contributed by atoms with van der Waals surface area (Å²) < 4.78 is 20.5. The van der Waals surface area contributed by atoms with Gasteiger partial charge in [0, 0.05) is 11.6 Å². The van der Waals surface area contributed by atoms with E-state index in [4.69, 9.17) is 10.5 Å². The van der Waals surface area contributed by atoms with Gasteiger partial charge >= 0.3 is 0 Å². The third kappa shape index (κ3) is 2.24. The molecule has 18 heavy (non-hydrogen) atoms. The zero-order valence-corrected chi connectivity index (χ0v) is 11.4. The Morgan fingerprint density at radius 3 is 2.44 bits per heavy atom. The van der Waals surface area contributed by atoms with Crippen LogP contribution in [0, 0.1) is 13.8 Å². The Kier molecular flexibility index (Phi) is 3.62. The molecule has 0 saturated heterocycles. The van der Waals surface area contributed by atoms with E-state index < -0.39 is 5.67 Å². The van der Waals surface area contributed by atoms with Gasteiger partial charge in [0.25, 0.3) is 0 Å². The topological polar surface area (TPSA) is 35.2 Å². The molecule has 1 fully saturated rings. The largest absolute Gasteiger partial charge is 0.496 e. The van der Waals surface area contributed by atoms with E-state index in [9.17, 15) is 0 Å². The summed E-state index contributed by atoms with van der Waals surface area (Å²) in [7, 11) is 1.61. The smallest absolute Gasteiger partial charge is 0.139 e. The molecule has 0 amide bonds. The van der Waals surface area contributed by atoms with Crippen LogP contribution in [0.2, 0.25) is 0 Å². The number of benzene rings is 1. The number of hydrogen-bond acceptors (Lipinski definition) is 2. The normalized spacial score (nSPS) is 28.2. The van der Waals surface area contributed by atoms with E-state index in [1.807, 2.05) is 26.0 Å². The number of ether oxygens (including phenoxy) is 1. The standard InChI is InChI=1S/C15H22FNO/c1-10-4-5-13(14(18-3)11(10)2)15(16)8-6-12(17)7-9-15/h4-5,12H,6-9,17H2,1-3H3. The van der Waals surface area contributed by atoms with E-state index >= 15 is 4.39 Å². The van der Waals surface area contributed by atoms with Crippen molar-refractivity contribution in [3.8, 4) is 5.75 Å². The molecule has 1 aromatic rings. The summed E-state index contributed by atoms with van der Waals surface area (Å²) in [6.45, 7) is 4.00. The Morgan fingerprint density at radius 1 is 1.28 bits per heavy atom. The van der Waals surface area contributed by atoms with Gasteiger partial charge in [0.1, 0.15) is 11.4 Å². The highest BCUT2D eigenvalue weighted by Gasteiger charge is 2.38. The van der Waals surface area contributed by atoms with Crippen molar-refractivity contribution in [1.82, 2.24) is 0 Å². The van der Waals surface area contributed by atoms with Crippen LogP contribution in [0.3, 0.4) is 0 Å². The second kappa shape index (κ2) is 4.88. The van der Waals surface area contributed by atoms with Crippen molar-refractivity contribution in [2.24, 2.45) is 5.73 Å². The fourth-order valence-corrected chi connectivity index (χ4v) is 2.77. The monoisotopic (exact) mass is 251 g/mol. The van der Waals surface area contributed by atoms with Gasteiger partial charge in [0.2, 0.25) is 0 Å². The number of nitrogens with two attached hydrogens (primary N) is 1. The number of methoxy groups -OCH3 is 1. The maximum atomic E-state index is 15.1. The minimum Gasteiger partial charge on any atom is -0.496 e. The number of halogens is 1. The maximum Gasteiger partial charge on any atom is 0.139 e. The van der Waals surface area contributed by atoms with Gasteiger partial charge in [-0.15, -0.1) is 0 Å². The fraction of sp³-hybridized carbons (Fsp3) is 0.600. The third-order valence-electron chi connectivity index (χ3n) is 4.19. The molecular formula is C15H22FNO. The lowest BCUT2D eigenvalue weighted by atomic mass is 9.78. The van der Waals surface area contributed by atoms with Gasteiger partial charge in [-0.25, -0.2) is 4.39 Å². The fourth-order valence-electron chi connectivity index (χ4n) is 2.77. The molecule has 1 aromatic carbocycles. The molecule has 0 radical (unpaired) electrons. The molecule has 0 spiro atoms. The predicted octanol–water partition coefficient (Wildman–Crippen LogP) is 3.38. The Balaban J connectivity index is 2.41. The molecule has 1 aliphatic carbocycles. The minimum absolute atomic E-state index is 0.145. The molecule has 0 aliphatic heterocycles. The summed E-state index contributed by atoms with van der Waals surface area (Å²) in [5.74, 6) is 0.702. The molecule has 0 aromatic heterocycles. The Morgan fingerprint density at radius 2 is 1.89 bits per heavy atom. The summed E-state index contributed by atoms with van der Waals surface area (Å²) in [5.41, 5.74) is 7.44.